The molecule has 0 unspecified atom stereocenters. The summed E-state index contributed by atoms with van der Waals surface area (Å²) < 4.78 is 2.00. The lowest BCUT2D eigenvalue weighted by Crippen LogP contribution is -2.31. The van der Waals surface area contributed by atoms with Crippen LogP contribution in [0.5, 0.6) is 11.5 Å². The zero-order valence-electron chi connectivity index (χ0n) is 18.7. The summed E-state index contributed by atoms with van der Waals surface area (Å²) in [6.45, 7) is 8.81. The average Bonchev–Trinajstić information content (AvgIpc) is 3.16. The third-order valence-electron chi connectivity index (χ3n) is 5.41. The highest BCUT2D eigenvalue weighted by molar-refractivity contribution is 5.85. The number of hydrogen-bond acceptors (Lipinski definition) is 8. The van der Waals surface area contributed by atoms with Gasteiger partial charge in [0.1, 0.15) is 0 Å². The smallest absolute Gasteiger partial charge is 0.227 e. The second kappa shape index (κ2) is 9.38. The number of fused-ring (bicyclic) bond motifs is 1. The molecule has 0 saturated heterocycles. The SMILES string of the molecule is CC(C)[C@H](CO)Nc1nc(N(C)CCc2ccc(O)c(O)c2)c2ncn(C(C)C)c2n1. The maximum Gasteiger partial charge on any atom is 0.227 e. The molecule has 0 aliphatic rings. The van der Waals surface area contributed by atoms with Gasteiger partial charge in [-0.05, 0) is 43.9 Å². The molecule has 2 heterocycles. The summed E-state index contributed by atoms with van der Waals surface area (Å²) >= 11 is 0. The standard InChI is InChI=1S/C22H32N6O3/c1-13(2)16(11-29)24-22-25-20(19-21(26-22)28(12-23-19)14(3)4)27(5)9-8-15-6-7-17(30)18(31)10-15/h6-7,10,12-14,16,29-31H,8-9,11H2,1-5H3,(H,24,25,26)/t16-/m0/s1. The first-order valence-electron chi connectivity index (χ1n) is 10.5. The number of imidazole rings is 1. The van der Waals surface area contributed by atoms with Gasteiger partial charge in [-0.3, -0.25) is 0 Å². The zero-order valence-corrected chi connectivity index (χ0v) is 18.7. The van der Waals surface area contributed by atoms with Crippen molar-refractivity contribution in [1.29, 1.82) is 0 Å². The van der Waals surface area contributed by atoms with Crippen LogP contribution in [0.25, 0.3) is 11.2 Å². The quantitative estimate of drug-likeness (QED) is 0.384. The molecule has 0 spiro atoms. The van der Waals surface area contributed by atoms with Gasteiger partial charge in [-0.15, -0.1) is 0 Å². The van der Waals surface area contributed by atoms with Crippen molar-refractivity contribution in [3.05, 3.63) is 30.1 Å². The third-order valence-corrected chi connectivity index (χ3v) is 5.41. The molecule has 0 radical (unpaired) electrons. The van der Waals surface area contributed by atoms with Gasteiger partial charge in [0.15, 0.2) is 28.5 Å². The van der Waals surface area contributed by atoms with Gasteiger partial charge in [-0.1, -0.05) is 19.9 Å². The van der Waals surface area contributed by atoms with Crippen LogP contribution >= 0.6 is 0 Å². The molecule has 0 amide bonds. The van der Waals surface area contributed by atoms with Gasteiger partial charge >= 0.3 is 0 Å². The van der Waals surface area contributed by atoms with Gasteiger partial charge in [0.05, 0.1) is 19.0 Å². The van der Waals surface area contributed by atoms with Gasteiger partial charge in [0.25, 0.3) is 0 Å². The number of nitrogens with zero attached hydrogens (tertiary/aromatic N) is 5. The van der Waals surface area contributed by atoms with Crippen molar-refractivity contribution in [2.24, 2.45) is 5.92 Å². The molecular weight excluding hydrogens is 396 g/mol. The molecule has 4 N–H and O–H groups in total. The van der Waals surface area contributed by atoms with Gasteiger partial charge in [0.2, 0.25) is 5.95 Å². The predicted octanol–water partition coefficient (Wildman–Crippen LogP) is 2.93. The maximum atomic E-state index is 9.74. The van der Waals surface area contributed by atoms with Crippen LogP contribution in [-0.2, 0) is 6.42 Å². The fourth-order valence-electron chi connectivity index (χ4n) is 3.33. The fourth-order valence-corrected chi connectivity index (χ4v) is 3.33. The second-order valence-corrected chi connectivity index (χ2v) is 8.46. The van der Waals surface area contributed by atoms with E-state index < -0.39 is 0 Å². The minimum atomic E-state index is -0.161. The van der Waals surface area contributed by atoms with Crippen LogP contribution in [0, 0.1) is 5.92 Å². The zero-order chi connectivity index (χ0) is 22.7. The van der Waals surface area contributed by atoms with Crippen molar-refractivity contribution in [2.75, 3.05) is 30.4 Å². The summed E-state index contributed by atoms with van der Waals surface area (Å²) in [4.78, 5) is 16.0. The number of phenolic OH excluding ortho intramolecular Hbond substituents is 2. The number of phenols is 2. The monoisotopic (exact) mass is 428 g/mol. The first-order chi connectivity index (χ1) is 14.7. The van der Waals surface area contributed by atoms with Crippen molar-refractivity contribution in [3.63, 3.8) is 0 Å². The highest BCUT2D eigenvalue weighted by Crippen LogP contribution is 2.28. The molecule has 9 nitrogen and oxygen atoms in total. The van der Waals surface area contributed by atoms with E-state index in [4.69, 9.17) is 4.98 Å². The largest absolute Gasteiger partial charge is 0.504 e. The Labute approximate surface area is 182 Å². The molecule has 1 aromatic carbocycles. The Morgan fingerprint density at radius 3 is 2.45 bits per heavy atom. The third kappa shape index (κ3) is 4.99. The number of aliphatic hydroxyl groups is 1. The highest BCUT2D eigenvalue weighted by Gasteiger charge is 2.20. The van der Waals surface area contributed by atoms with Gasteiger partial charge in [-0.2, -0.15) is 9.97 Å². The molecule has 3 aromatic rings. The number of hydrogen-bond donors (Lipinski definition) is 4. The van der Waals surface area contributed by atoms with E-state index in [1.807, 2.05) is 30.4 Å². The topological polar surface area (TPSA) is 120 Å². The lowest BCUT2D eigenvalue weighted by molar-refractivity contribution is 0.248. The Balaban J connectivity index is 1.93. The number of aliphatic hydroxyl groups excluding tert-OH is 1. The molecule has 1 atom stereocenters. The van der Waals surface area contributed by atoms with Crippen molar-refractivity contribution >= 4 is 22.9 Å². The van der Waals surface area contributed by atoms with E-state index in [0.29, 0.717) is 30.2 Å². The summed E-state index contributed by atoms with van der Waals surface area (Å²) in [5.74, 6) is 1.09. The first kappa shape index (κ1) is 22.6. The van der Waals surface area contributed by atoms with E-state index in [1.165, 1.54) is 6.07 Å². The molecule has 0 aliphatic heterocycles. The Morgan fingerprint density at radius 2 is 1.84 bits per heavy atom. The fraction of sp³-hybridized carbons (Fsp3) is 0.500. The Morgan fingerprint density at radius 1 is 1.10 bits per heavy atom. The predicted molar refractivity (Wildman–Crippen MR) is 122 cm³/mol. The Bertz CT molecular complexity index is 1030. The van der Waals surface area contributed by atoms with Crippen molar-refractivity contribution < 1.29 is 15.3 Å². The minimum absolute atomic E-state index is 0.0158. The summed E-state index contributed by atoms with van der Waals surface area (Å²) in [6.07, 6.45) is 2.42. The molecule has 2 aromatic heterocycles. The number of likely N-dealkylation sites (N-methyl/N-ethyl adjacent to an activating group) is 1. The van der Waals surface area contributed by atoms with E-state index in [1.54, 1.807) is 18.5 Å². The number of rotatable bonds is 9. The van der Waals surface area contributed by atoms with Crippen LogP contribution in [0.2, 0.25) is 0 Å². The molecule has 0 aliphatic carbocycles. The van der Waals surface area contributed by atoms with E-state index >= 15 is 0 Å². The number of nitrogens with one attached hydrogen (secondary N) is 1. The van der Waals surface area contributed by atoms with Crippen LogP contribution in [0.3, 0.4) is 0 Å². The van der Waals surface area contributed by atoms with Gasteiger partial charge in [-0.25, -0.2) is 4.98 Å². The maximum absolute atomic E-state index is 9.74. The van der Waals surface area contributed by atoms with E-state index in [2.05, 4.69) is 29.1 Å². The normalized spacial score (nSPS) is 12.6. The number of anilines is 2. The van der Waals surface area contributed by atoms with Crippen LogP contribution in [-0.4, -0.2) is 61.1 Å². The Kier molecular flexibility index (Phi) is 6.84. The summed E-state index contributed by atoms with van der Waals surface area (Å²) in [7, 11) is 1.94. The number of benzene rings is 1. The molecular formula is C22H32N6O3. The molecule has 31 heavy (non-hydrogen) atoms. The van der Waals surface area contributed by atoms with Crippen LogP contribution in [0.4, 0.5) is 11.8 Å². The highest BCUT2D eigenvalue weighted by atomic mass is 16.3. The van der Waals surface area contributed by atoms with Gasteiger partial charge in [0, 0.05) is 19.6 Å². The van der Waals surface area contributed by atoms with Crippen LogP contribution < -0.4 is 10.2 Å². The average molecular weight is 429 g/mol. The minimum Gasteiger partial charge on any atom is -0.504 e. The lowest BCUT2D eigenvalue weighted by atomic mass is 10.1. The van der Waals surface area contributed by atoms with Crippen LogP contribution in [0.1, 0.15) is 39.3 Å². The number of aromatic nitrogens is 4. The molecule has 0 bridgehead atoms. The molecule has 0 fully saturated rings. The first-order valence-corrected chi connectivity index (χ1v) is 10.5. The summed E-state index contributed by atoms with van der Waals surface area (Å²) in [5.41, 5.74) is 2.34. The van der Waals surface area contributed by atoms with E-state index in [-0.39, 0.29) is 36.1 Å². The van der Waals surface area contributed by atoms with Crippen molar-refractivity contribution in [1.82, 2.24) is 19.5 Å². The van der Waals surface area contributed by atoms with E-state index in [0.717, 1.165) is 11.2 Å². The van der Waals surface area contributed by atoms with Crippen LogP contribution in [0.15, 0.2) is 24.5 Å². The molecule has 9 heteroatoms. The molecule has 168 valence electrons. The number of aromatic hydroxyl groups is 2. The summed E-state index contributed by atoms with van der Waals surface area (Å²) in [5, 5.41) is 32.2. The van der Waals surface area contributed by atoms with Crippen molar-refractivity contribution in [2.45, 2.75) is 46.2 Å². The van der Waals surface area contributed by atoms with Crippen molar-refractivity contribution in [3.8, 4) is 11.5 Å². The molecule has 0 saturated carbocycles. The molecule has 3 rings (SSSR count). The Hall–Kier alpha value is -3.07. The van der Waals surface area contributed by atoms with Gasteiger partial charge < -0.3 is 30.1 Å². The summed E-state index contributed by atoms with van der Waals surface area (Å²) in [6, 6.07) is 4.86. The second-order valence-electron chi connectivity index (χ2n) is 8.46. The lowest BCUT2D eigenvalue weighted by Gasteiger charge is -2.23. The van der Waals surface area contributed by atoms with E-state index in [9.17, 15) is 15.3 Å².